The summed E-state index contributed by atoms with van der Waals surface area (Å²) in [6.07, 6.45) is 18.7. The Hall–Kier alpha value is 0.446. The van der Waals surface area contributed by atoms with E-state index in [0.717, 1.165) is 6.61 Å². The maximum atomic E-state index is 10.2. The molecule has 186 valence electrons. The Morgan fingerprint density at radius 2 is 1.19 bits per heavy atom. The minimum Gasteiger partial charge on any atom is -0.552 e. The maximum absolute atomic E-state index is 10.2. The van der Waals surface area contributed by atoms with Gasteiger partial charge in [0.1, 0.15) is 0 Å². The molecule has 0 aromatic carbocycles. The molecule has 0 radical (unpaired) electrons. The Morgan fingerprint density at radius 1 is 0.812 bits per heavy atom. The fourth-order valence-corrected chi connectivity index (χ4v) is 3.58. The zero-order valence-corrected chi connectivity index (χ0v) is 24.2. The number of aliphatic carboxylic acids is 2. The van der Waals surface area contributed by atoms with E-state index in [1.807, 2.05) is 6.92 Å². The van der Waals surface area contributed by atoms with Crippen LogP contribution in [0, 0.1) is 6.61 Å². The van der Waals surface area contributed by atoms with Gasteiger partial charge in [0.25, 0.3) is 10.1 Å². The molecule has 0 aliphatic carbocycles. The summed E-state index contributed by atoms with van der Waals surface area (Å²) in [6, 6.07) is 0. The van der Waals surface area contributed by atoms with Crippen LogP contribution in [0.3, 0.4) is 0 Å². The van der Waals surface area contributed by atoms with Gasteiger partial charge < -0.3 is 14.9 Å². The van der Waals surface area contributed by atoms with Crippen LogP contribution >= 0.6 is 0 Å². The minimum absolute atomic E-state index is 0. The third kappa shape index (κ3) is 28.5. The van der Waals surface area contributed by atoms with Gasteiger partial charge in [-0.15, -0.1) is 0 Å². The molecule has 10 heteroatoms. The van der Waals surface area contributed by atoms with E-state index in [4.69, 9.17) is 19.5 Å². The Kier molecular flexibility index (Phi) is 30.1. The standard InChI is InChI=1S/C18H37O.C4H6O7S.K/c1-3-5-6-7-8-9-10-11-12-13-14-15-16-17-18-19-4-2;5-3(6)1-2(4(7)8)12(9,10)11;/h4H,3,5-18H2,1-2H3;2H,1H2,(H,5,6)(H,7,8)(H,9,10,11);/q-1;;+1. The Bertz CT molecular complexity index is 524. The monoisotopic (exact) mass is 506 g/mol. The first-order chi connectivity index (χ1) is 14.7. The van der Waals surface area contributed by atoms with Gasteiger partial charge in [0.05, 0.1) is 6.42 Å². The van der Waals surface area contributed by atoms with Crippen LogP contribution in [0.15, 0.2) is 0 Å². The summed E-state index contributed by atoms with van der Waals surface area (Å²) >= 11 is 0. The van der Waals surface area contributed by atoms with E-state index in [-0.39, 0.29) is 51.4 Å². The molecule has 0 heterocycles. The van der Waals surface area contributed by atoms with Crippen LogP contribution in [-0.2, 0) is 24.4 Å². The summed E-state index contributed by atoms with van der Waals surface area (Å²) in [6.45, 7) is 6.94. The number of unbranched alkanes of at least 4 members (excludes halogenated alkanes) is 13. The predicted molar refractivity (Wildman–Crippen MR) is 121 cm³/mol. The molecule has 0 aromatic rings. The third-order valence-corrected chi connectivity index (χ3v) is 5.86. The molecule has 0 saturated carbocycles. The molecule has 0 bridgehead atoms. The van der Waals surface area contributed by atoms with Gasteiger partial charge in [0.15, 0.2) is 5.25 Å². The second-order valence-electron chi connectivity index (χ2n) is 7.64. The molecule has 0 saturated heterocycles. The molecule has 0 aliphatic rings. The molecule has 8 nitrogen and oxygen atoms in total. The third-order valence-electron chi connectivity index (χ3n) is 4.78. The normalized spacial score (nSPS) is 11.7. The van der Waals surface area contributed by atoms with Crippen LogP contribution in [0.5, 0.6) is 0 Å². The molecule has 0 rings (SSSR count). The number of carbonyl (C=O) groups is 2. The van der Waals surface area contributed by atoms with Crippen LogP contribution in [0.25, 0.3) is 0 Å². The van der Waals surface area contributed by atoms with Crippen molar-refractivity contribution in [1.29, 1.82) is 0 Å². The largest absolute Gasteiger partial charge is 1.00 e. The molecule has 32 heavy (non-hydrogen) atoms. The van der Waals surface area contributed by atoms with Crippen molar-refractivity contribution in [3.05, 3.63) is 6.61 Å². The van der Waals surface area contributed by atoms with E-state index in [1.165, 1.54) is 89.9 Å². The predicted octanol–water partition coefficient (Wildman–Crippen LogP) is 2.47. The summed E-state index contributed by atoms with van der Waals surface area (Å²) in [5.74, 6) is -3.50. The van der Waals surface area contributed by atoms with Gasteiger partial charge in [-0.3, -0.25) is 14.1 Å². The zero-order valence-electron chi connectivity index (χ0n) is 20.3. The molecule has 0 fully saturated rings. The molecular weight excluding hydrogens is 463 g/mol. The molecular formula is C22H43KO8S. The average molecular weight is 507 g/mol. The van der Waals surface area contributed by atoms with Crippen molar-refractivity contribution in [2.24, 2.45) is 0 Å². The van der Waals surface area contributed by atoms with Gasteiger partial charge in [-0.25, -0.2) is 6.61 Å². The first-order valence-electron chi connectivity index (χ1n) is 11.5. The Balaban J connectivity index is -0.000000561. The average Bonchev–Trinajstić information content (AvgIpc) is 2.68. The summed E-state index contributed by atoms with van der Waals surface area (Å²) in [5.41, 5.74) is 0. The van der Waals surface area contributed by atoms with E-state index in [1.54, 1.807) is 6.61 Å². The van der Waals surface area contributed by atoms with Crippen molar-refractivity contribution < 1.29 is 88.9 Å². The number of rotatable bonds is 20. The number of carboxylic acids is 2. The number of hydrogen-bond donors (Lipinski definition) is 3. The first-order valence-corrected chi connectivity index (χ1v) is 13.0. The van der Waals surface area contributed by atoms with Crippen LogP contribution in [0.2, 0.25) is 0 Å². The second kappa shape index (κ2) is 26.1. The van der Waals surface area contributed by atoms with Crippen molar-refractivity contribution in [3.63, 3.8) is 0 Å². The SMILES string of the molecule is C[CH-]OCCCCCCCCCCCCCCCC.O=C(O)CC(C(=O)O)S(=O)(=O)O.[K+]. The zero-order chi connectivity index (χ0) is 24.0. The van der Waals surface area contributed by atoms with Gasteiger partial charge >= 0.3 is 63.3 Å². The van der Waals surface area contributed by atoms with E-state index < -0.39 is 33.7 Å². The minimum atomic E-state index is -4.84. The van der Waals surface area contributed by atoms with Gasteiger partial charge in [-0.05, 0) is 6.42 Å². The number of hydrogen-bond acceptors (Lipinski definition) is 5. The van der Waals surface area contributed by atoms with Crippen molar-refractivity contribution in [1.82, 2.24) is 0 Å². The fourth-order valence-electron chi connectivity index (χ4n) is 2.98. The van der Waals surface area contributed by atoms with Crippen molar-refractivity contribution in [2.75, 3.05) is 6.61 Å². The van der Waals surface area contributed by atoms with E-state index in [9.17, 15) is 18.0 Å². The van der Waals surface area contributed by atoms with Crippen LogP contribution < -0.4 is 51.4 Å². The molecule has 1 unspecified atom stereocenters. The molecule has 0 spiro atoms. The summed E-state index contributed by atoms with van der Waals surface area (Å²) in [5, 5.41) is 13.9. The topological polar surface area (TPSA) is 138 Å². The van der Waals surface area contributed by atoms with E-state index in [0.29, 0.717) is 0 Å². The van der Waals surface area contributed by atoms with Crippen LogP contribution in [0.1, 0.15) is 110 Å². The molecule has 1 atom stereocenters. The van der Waals surface area contributed by atoms with Crippen LogP contribution in [0.4, 0.5) is 0 Å². The first kappa shape index (κ1) is 37.0. The van der Waals surface area contributed by atoms with E-state index >= 15 is 0 Å². The van der Waals surface area contributed by atoms with Crippen LogP contribution in [-0.4, -0.2) is 47.0 Å². The summed E-state index contributed by atoms with van der Waals surface area (Å²) in [7, 11) is -4.84. The number of carboxylic acid groups (broad SMARTS) is 2. The fraction of sp³-hybridized carbons (Fsp3) is 0.864. The van der Waals surface area contributed by atoms with Gasteiger partial charge in [0.2, 0.25) is 0 Å². The smallest absolute Gasteiger partial charge is 0.552 e. The van der Waals surface area contributed by atoms with Crippen molar-refractivity contribution in [2.45, 2.75) is 115 Å². The molecule has 0 amide bonds. The Morgan fingerprint density at radius 3 is 1.44 bits per heavy atom. The van der Waals surface area contributed by atoms with Crippen molar-refractivity contribution >= 4 is 22.1 Å². The quantitative estimate of drug-likeness (QED) is 0.0991. The second-order valence-corrected chi connectivity index (χ2v) is 9.24. The van der Waals surface area contributed by atoms with E-state index in [2.05, 4.69) is 6.92 Å². The van der Waals surface area contributed by atoms with Gasteiger partial charge in [-0.1, -0.05) is 90.4 Å². The summed E-state index contributed by atoms with van der Waals surface area (Å²) in [4.78, 5) is 20.0. The maximum Gasteiger partial charge on any atom is 1.00 e. The molecule has 3 N–H and O–H groups in total. The van der Waals surface area contributed by atoms with Gasteiger partial charge in [0, 0.05) is 6.61 Å². The number of ether oxygens (including phenoxy) is 1. The van der Waals surface area contributed by atoms with Crippen molar-refractivity contribution in [3.8, 4) is 0 Å². The summed E-state index contributed by atoms with van der Waals surface area (Å²) < 4.78 is 33.9. The molecule has 0 aromatic heterocycles. The Labute approximate surface area is 237 Å². The van der Waals surface area contributed by atoms with Gasteiger partial charge in [-0.2, -0.15) is 15.3 Å². The molecule has 0 aliphatic heterocycles.